The lowest BCUT2D eigenvalue weighted by Gasteiger charge is -2.33. The van der Waals surface area contributed by atoms with Crippen molar-refractivity contribution >= 4 is 29.3 Å². The number of fused-ring (bicyclic) bond motifs is 1. The summed E-state index contributed by atoms with van der Waals surface area (Å²) in [7, 11) is 0. The zero-order valence-electron chi connectivity index (χ0n) is 15.6. The normalized spacial score (nSPS) is 26.1. The maximum Gasteiger partial charge on any atom is 0.226 e. The molecule has 3 atom stereocenters. The predicted molar refractivity (Wildman–Crippen MR) is 107 cm³/mol. The Labute approximate surface area is 161 Å². The molecule has 0 saturated carbocycles. The van der Waals surface area contributed by atoms with Gasteiger partial charge in [-0.1, -0.05) is 12.1 Å². The number of piperidine rings is 1. The Morgan fingerprint density at radius 2 is 2.12 bits per heavy atom. The number of carbonyl (C=O) groups is 1. The molecule has 1 aromatic carbocycles. The number of imidazole rings is 1. The van der Waals surface area contributed by atoms with Gasteiger partial charge in [-0.05, 0) is 58.2 Å². The van der Waals surface area contributed by atoms with E-state index < -0.39 is 0 Å². The molecule has 2 saturated heterocycles. The lowest BCUT2D eigenvalue weighted by molar-refractivity contribution is -0.137. The van der Waals surface area contributed by atoms with E-state index in [4.69, 9.17) is 4.98 Å². The van der Waals surface area contributed by atoms with Crippen LogP contribution in [0.15, 0.2) is 24.3 Å². The van der Waals surface area contributed by atoms with Crippen molar-refractivity contribution in [1.82, 2.24) is 19.8 Å². The van der Waals surface area contributed by atoms with Crippen LogP contribution in [0.3, 0.4) is 0 Å². The second kappa shape index (κ2) is 7.97. The Kier molecular flexibility index (Phi) is 5.88. The maximum absolute atomic E-state index is 13.2. The molecule has 142 valence electrons. The third-order valence-corrected chi connectivity index (χ3v) is 5.81. The highest BCUT2D eigenvalue weighted by atomic mass is 35.5. The van der Waals surface area contributed by atoms with Crippen LogP contribution in [-0.4, -0.2) is 39.5 Å². The van der Waals surface area contributed by atoms with Crippen LogP contribution in [-0.2, 0) is 11.3 Å². The van der Waals surface area contributed by atoms with Crippen molar-refractivity contribution in [3.05, 3.63) is 30.1 Å². The minimum Gasteiger partial charge on any atom is -0.332 e. The fourth-order valence-electron chi connectivity index (χ4n) is 4.57. The second-order valence-corrected chi connectivity index (χ2v) is 7.47. The fraction of sp³-hybridized carbons (Fsp3) is 0.600. The summed E-state index contributed by atoms with van der Waals surface area (Å²) in [6.45, 7) is 7.04. The van der Waals surface area contributed by atoms with Gasteiger partial charge in [-0.25, -0.2) is 4.98 Å². The summed E-state index contributed by atoms with van der Waals surface area (Å²) in [6, 6.07) is 8.86. The van der Waals surface area contributed by atoms with Crippen LogP contribution in [0.4, 0.5) is 0 Å². The number of likely N-dealkylation sites (tertiary alicyclic amines) is 1. The average molecular weight is 377 g/mol. The van der Waals surface area contributed by atoms with Crippen LogP contribution >= 0.6 is 12.4 Å². The highest BCUT2D eigenvalue weighted by Crippen LogP contribution is 2.35. The molecule has 2 aliphatic heterocycles. The highest BCUT2D eigenvalue weighted by molar-refractivity contribution is 5.85. The van der Waals surface area contributed by atoms with Crippen LogP contribution in [0.1, 0.15) is 51.4 Å². The van der Waals surface area contributed by atoms with E-state index in [-0.39, 0.29) is 24.4 Å². The smallest absolute Gasteiger partial charge is 0.226 e. The van der Waals surface area contributed by atoms with Gasteiger partial charge in [0, 0.05) is 25.0 Å². The molecule has 2 aliphatic rings. The van der Waals surface area contributed by atoms with E-state index in [1.807, 2.05) is 6.07 Å². The van der Waals surface area contributed by atoms with Gasteiger partial charge in [0.05, 0.1) is 17.1 Å². The van der Waals surface area contributed by atoms with Crippen LogP contribution in [0, 0.1) is 5.92 Å². The van der Waals surface area contributed by atoms with Gasteiger partial charge in [-0.15, -0.1) is 12.4 Å². The molecule has 2 fully saturated rings. The van der Waals surface area contributed by atoms with Crippen LogP contribution in [0.25, 0.3) is 11.0 Å². The molecular weight excluding hydrogens is 348 g/mol. The highest BCUT2D eigenvalue weighted by Gasteiger charge is 2.37. The van der Waals surface area contributed by atoms with Gasteiger partial charge >= 0.3 is 0 Å². The Bertz CT molecular complexity index is 774. The van der Waals surface area contributed by atoms with E-state index in [0.29, 0.717) is 11.9 Å². The Hall–Kier alpha value is -1.59. The summed E-state index contributed by atoms with van der Waals surface area (Å²) < 4.78 is 2.29. The molecule has 0 spiro atoms. The van der Waals surface area contributed by atoms with Gasteiger partial charge in [0.15, 0.2) is 0 Å². The largest absolute Gasteiger partial charge is 0.332 e. The number of halogens is 1. The van der Waals surface area contributed by atoms with Crippen LogP contribution in [0.5, 0.6) is 0 Å². The third kappa shape index (κ3) is 3.35. The molecule has 2 aromatic rings. The lowest BCUT2D eigenvalue weighted by atomic mass is 9.91. The molecule has 1 unspecified atom stereocenters. The molecular formula is C20H29ClN4O. The number of benzene rings is 1. The van der Waals surface area contributed by atoms with Crippen molar-refractivity contribution < 1.29 is 4.79 Å². The summed E-state index contributed by atoms with van der Waals surface area (Å²) >= 11 is 0. The van der Waals surface area contributed by atoms with Crippen molar-refractivity contribution in [2.45, 2.75) is 58.2 Å². The molecule has 4 rings (SSSR count). The molecule has 1 aromatic heterocycles. The van der Waals surface area contributed by atoms with E-state index in [9.17, 15) is 4.79 Å². The first-order valence-corrected chi connectivity index (χ1v) is 9.68. The lowest BCUT2D eigenvalue weighted by Crippen LogP contribution is -2.44. The number of amides is 1. The van der Waals surface area contributed by atoms with Gasteiger partial charge < -0.3 is 14.8 Å². The fourth-order valence-corrected chi connectivity index (χ4v) is 4.57. The summed E-state index contributed by atoms with van der Waals surface area (Å²) in [6.07, 6.45) is 4.00. The zero-order chi connectivity index (χ0) is 17.4. The third-order valence-electron chi connectivity index (χ3n) is 5.81. The van der Waals surface area contributed by atoms with Gasteiger partial charge in [0.2, 0.25) is 5.91 Å². The molecule has 0 bridgehead atoms. The minimum absolute atomic E-state index is 0. The Balaban J connectivity index is 0.00000196. The van der Waals surface area contributed by atoms with Gasteiger partial charge in [-0.2, -0.15) is 0 Å². The molecule has 1 N–H and O–H groups in total. The quantitative estimate of drug-likeness (QED) is 0.891. The SMILES string of the molecule is CCn1c(C2CCCN2C(=O)[C@H]2CCN[C@@H](C)C2)nc2ccccc21.Cl. The summed E-state index contributed by atoms with van der Waals surface area (Å²) in [5, 5.41) is 3.45. The monoisotopic (exact) mass is 376 g/mol. The number of nitrogens with one attached hydrogen (secondary N) is 1. The number of aromatic nitrogens is 2. The molecule has 3 heterocycles. The van der Waals surface area contributed by atoms with E-state index >= 15 is 0 Å². The van der Waals surface area contributed by atoms with Crippen molar-refractivity contribution in [1.29, 1.82) is 0 Å². The summed E-state index contributed by atoms with van der Waals surface area (Å²) in [4.78, 5) is 20.2. The number of para-hydroxylation sites is 2. The summed E-state index contributed by atoms with van der Waals surface area (Å²) in [5.41, 5.74) is 2.21. The predicted octanol–water partition coefficient (Wildman–Crippen LogP) is 3.53. The second-order valence-electron chi connectivity index (χ2n) is 7.47. The number of hydrogen-bond donors (Lipinski definition) is 1. The molecule has 26 heavy (non-hydrogen) atoms. The van der Waals surface area contributed by atoms with Gasteiger partial charge in [-0.3, -0.25) is 4.79 Å². The first-order chi connectivity index (χ1) is 12.2. The van der Waals surface area contributed by atoms with Crippen molar-refractivity contribution in [2.24, 2.45) is 5.92 Å². The average Bonchev–Trinajstić information content (AvgIpc) is 3.25. The van der Waals surface area contributed by atoms with E-state index in [1.165, 1.54) is 5.52 Å². The molecule has 0 aliphatic carbocycles. The standard InChI is InChI=1S/C20H28N4O.ClH/c1-3-23-17-8-5-4-7-16(17)22-19(23)18-9-6-12-24(18)20(25)15-10-11-21-14(2)13-15;/h4-5,7-8,14-15,18,21H,3,6,9-13H2,1-2H3;1H/t14-,15-,18?;/m0./s1. The molecule has 1 amide bonds. The van der Waals surface area contributed by atoms with E-state index in [1.54, 1.807) is 0 Å². The molecule has 5 nitrogen and oxygen atoms in total. The molecule has 6 heteroatoms. The number of rotatable bonds is 3. The Morgan fingerprint density at radius 1 is 1.31 bits per heavy atom. The van der Waals surface area contributed by atoms with E-state index in [0.717, 1.165) is 56.7 Å². The Morgan fingerprint density at radius 3 is 2.88 bits per heavy atom. The topological polar surface area (TPSA) is 50.2 Å². The number of nitrogens with zero attached hydrogens (tertiary/aromatic N) is 3. The van der Waals surface area contributed by atoms with Gasteiger partial charge in [0.1, 0.15) is 5.82 Å². The van der Waals surface area contributed by atoms with E-state index in [2.05, 4.69) is 46.8 Å². The first-order valence-electron chi connectivity index (χ1n) is 9.68. The first kappa shape index (κ1) is 19.2. The van der Waals surface area contributed by atoms with Crippen LogP contribution in [0.2, 0.25) is 0 Å². The number of aryl methyl sites for hydroxylation is 1. The molecule has 0 radical (unpaired) electrons. The minimum atomic E-state index is 0. The number of carbonyl (C=O) groups excluding carboxylic acids is 1. The van der Waals surface area contributed by atoms with Crippen LogP contribution < -0.4 is 5.32 Å². The van der Waals surface area contributed by atoms with Crippen molar-refractivity contribution in [3.63, 3.8) is 0 Å². The number of hydrogen-bond acceptors (Lipinski definition) is 3. The van der Waals surface area contributed by atoms with Crippen molar-refractivity contribution in [2.75, 3.05) is 13.1 Å². The zero-order valence-corrected chi connectivity index (χ0v) is 16.5. The summed E-state index contributed by atoms with van der Waals surface area (Å²) in [5.74, 6) is 1.57. The maximum atomic E-state index is 13.2. The van der Waals surface area contributed by atoms with Gasteiger partial charge in [0.25, 0.3) is 0 Å². The van der Waals surface area contributed by atoms with Crippen molar-refractivity contribution in [3.8, 4) is 0 Å².